The lowest BCUT2D eigenvalue weighted by Crippen LogP contribution is -3.09. The number of quaternary nitrogens is 1. The first kappa shape index (κ1) is 19.3. The lowest BCUT2D eigenvalue weighted by atomic mass is 10.0. The fraction of sp³-hybridized carbons (Fsp3) is 0.350. The number of hydrogen-bond acceptors (Lipinski definition) is 4. The highest BCUT2D eigenvalue weighted by molar-refractivity contribution is 7.19. The molecule has 7 heteroatoms. The minimum atomic E-state index is -0.123. The number of nitrogens with zero attached hydrogens (tertiary/aromatic N) is 2. The van der Waals surface area contributed by atoms with Crippen LogP contribution in [0.25, 0.3) is 21.3 Å². The molecule has 0 radical (unpaired) electrons. The molecule has 0 aliphatic carbocycles. The van der Waals surface area contributed by atoms with Crippen molar-refractivity contribution in [1.82, 2.24) is 14.9 Å². The summed E-state index contributed by atoms with van der Waals surface area (Å²) in [5.41, 5.74) is 3.05. The van der Waals surface area contributed by atoms with Gasteiger partial charge in [-0.2, -0.15) is 0 Å². The number of rotatable bonds is 5. The Bertz CT molecular complexity index is 1030. The molecule has 0 aliphatic rings. The molecule has 0 saturated heterocycles. The third-order valence-electron chi connectivity index (χ3n) is 4.55. The van der Waals surface area contributed by atoms with Gasteiger partial charge < -0.3 is 14.8 Å². The van der Waals surface area contributed by atoms with Crippen LogP contribution in [0.15, 0.2) is 29.1 Å². The molecule has 2 N–H and O–H groups in total. The van der Waals surface area contributed by atoms with Gasteiger partial charge in [0.15, 0.2) is 12.4 Å². The molecule has 3 aromatic rings. The van der Waals surface area contributed by atoms with E-state index >= 15 is 0 Å². The highest BCUT2D eigenvalue weighted by Crippen LogP contribution is 2.35. The molecule has 1 aromatic carbocycles. The van der Waals surface area contributed by atoms with E-state index in [4.69, 9.17) is 0 Å². The number of fused-ring (bicyclic) bond motifs is 1. The van der Waals surface area contributed by atoms with Crippen molar-refractivity contribution in [3.8, 4) is 11.1 Å². The maximum Gasteiger partial charge on any atom is 0.277 e. The summed E-state index contributed by atoms with van der Waals surface area (Å²) in [6.45, 7) is 4.91. The number of H-pyrrole nitrogens is 1. The van der Waals surface area contributed by atoms with E-state index in [0.29, 0.717) is 24.3 Å². The molecule has 27 heavy (non-hydrogen) atoms. The summed E-state index contributed by atoms with van der Waals surface area (Å²) in [6, 6.07) is 8.19. The second kappa shape index (κ2) is 7.62. The molecule has 0 aliphatic heterocycles. The standard InChI is InChI=1S/C20H24N4O2S/c1-12-6-8-14(9-7-12)17-13(2)27-20-18(17)19(26)21-15(22-20)10-24(5)11-16(25)23(3)4/h6-9H,10-11H2,1-5H3,(H,21,22,26)/p+1. The molecule has 1 atom stereocenters. The Hall–Kier alpha value is -2.51. The smallest absolute Gasteiger partial charge is 0.277 e. The summed E-state index contributed by atoms with van der Waals surface area (Å²) in [7, 11) is 5.40. The van der Waals surface area contributed by atoms with E-state index in [1.54, 1.807) is 19.0 Å². The highest BCUT2D eigenvalue weighted by atomic mass is 32.1. The zero-order valence-electron chi connectivity index (χ0n) is 16.3. The maximum absolute atomic E-state index is 12.8. The number of carbonyl (C=O) groups excluding carboxylic acids is 1. The van der Waals surface area contributed by atoms with E-state index in [-0.39, 0.29) is 11.5 Å². The molecule has 0 spiro atoms. The minimum Gasteiger partial charge on any atom is -0.344 e. The molecule has 0 saturated carbocycles. The van der Waals surface area contributed by atoms with E-state index in [1.807, 2.05) is 45.2 Å². The van der Waals surface area contributed by atoms with Gasteiger partial charge in [0.25, 0.3) is 11.5 Å². The Morgan fingerprint density at radius 2 is 1.89 bits per heavy atom. The topological polar surface area (TPSA) is 70.5 Å². The van der Waals surface area contributed by atoms with Crippen LogP contribution in [0.2, 0.25) is 0 Å². The number of aromatic amines is 1. The molecule has 0 fully saturated rings. The zero-order valence-corrected chi connectivity index (χ0v) is 17.2. The molecular formula is C20H25N4O2S+. The molecule has 142 valence electrons. The van der Waals surface area contributed by atoms with Crippen LogP contribution in [0.1, 0.15) is 16.3 Å². The number of thiophene rings is 1. The van der Waals surface area contributed by atoms with Crippen molar-refractivity contribution in [1.29, 1.82) is 0 Å². The Balaban J connectivity index is 1.96. The average molecular weight is 386 g/mol. The summed E-state index contributed by atoms with van der Waals surface area (Å²) >= 11 is 1.54. The maximum atomic E-state index is 12.8. The first-order chi connectivity index (χ1) is 12.8. The number of benzene rings is 1. The van der Waals surface area contributed by atoms with Gasteiger partial charge in [0.1, 0.15) is 11.4 Å². The summed E-state index contributed by atoms with van der Waals surface area (Å²) in [6.07, 6.45) is 0. The predicted molar refractivity (Wildman–Crippen MR) is 109 cm³/mol. The van der Waals surface area contributed by atoms with Crippen LogP contribution in [-0.4, -0.2) is 48.5 Å². The summed E-state index contributed by atoms with van der Waals surface area (Å²) < 4.78 is 0. The second-order valence-electron chi connectivity index (χ2n) is 7.19. The number of hydrogen-bond donors (Lipinski definition) is 2. The summed E-state index contributed by atoms with van der Waals surface area (Å²) in [5, 5.41) is 0.645. The van der Waals surface area contributed by atoms with Crippen molar-refractivity contribution in [3.63, 3.8) is 0 Å². The Labute approximate surface area is 162 Å². The van der Waals surface area contributed by atoms with Gasteiger partial charge in [0.2, 0.25) is 0 Å². The van der Waals surface area contributed by atoms with Crippen molar-refractivity contribution in [2.24, 2.45) is 0 Å². The third-order valence-corrected chi connectivity index (χ3v) is 5.55. The van der Waals surface area contributed by atoms with Gasteiger partial charge in [0, 0.05) is 24.5 Å². The van der Waals surface area contributed by atoms with Crippen molar-refractivity contribution >= 4 is 27.5 Å². The van der Waals surface area contributed by atoms with Crippen LogP contribution in [0.3, 0.4) is 0 Å². The molecule has 1 amide bonds. The van der Waals surface area contributed by atoms with Crippen molar-refractivity contribution < 1.29 is 9.69 Å². The van der Waals surface area contributed by atoms with Crippen LogP contribution in [0.5, 0.6) is 0 Å². The Morgan fingerprint density at radius 1 is 1.22 bits per heavy atom. The Morgan fingerprint density at radius 3 is 2.52 bits per heavy atom. The summed E-state index contributed by atoms with van der Waals surface area (Å²) in [5.74, 6) is 0.651. The van der Waals surface area contributed by atoms with Gasteiger partial charge in [-0.05, 0) is 19.4 Å². The quantitative estimate of drug-likeness (QED) is 0.697. The number of nitrogens with one attached hydrogen (secondary N) is 2. The van der Waals surface area contributed by atoms with E-state index < -0.39 is 0 Å². The van der Waals surface area contributed by atoms with Crippen molar-refractivity contribution in [2.75, 3.05) is 27.7 Å². The van der Waals surface area contributed by atoms with E-state index in [1.165, 1.54) is 16.9 Å². The van der Waals surface area contributed by atoms with Crippen molar-refractivity contribution in [3.05, 3.63) is 50.9 Å². The molecule has 1 unspecified atom stereocenters. The van der Waals surface area contributed by atoms with Gasteiger partial charge in [-0.25, -0.2) is 4.98 Å². The third kappa shape index (κ3) is 4.09. The number of aromatic nitrogens is 2. The number of carbonyl (C=O) groups is 1. The monoisotopic (exact) mass is 385 g/mol. The van der Waals surface area contributed by atoms with Crippen LogP contribution in [0.4, 0.5) is 0 Å². The van der Waals surface area contributed by atoms with Gasteiger partial charge in [-0.15, -0.1) is 11.3 Å². The average Bonchev–Trinajstić information content (AvgIpc) is 2.91. The van der Waals surface area contributed by atoms with Gasteiger partial charge >= 0.3 is 0 Å². The molecular weight excluding hydrogens is 360 g/mol. The normalized spacial score (nSPS) is 12.3. The van der Waals surface area contributed by atoms with Crippen LogP contribution >= 0.6 is 11.3 Å². The lowest BCUT2D eigenvalue weighted by Gasteiger charge is -2.15. The number of likely N-dealkylation sites (N-methyl/N-ethyl adjacent to an activating group) is 2. The largest absolute Gasteiger partial charge is 0.344 e. The summed E-state index contributed by atoms with van der Waals surface area (Å²) in [4.78, 5) is 36.6. The van der Waals surface area contributed by atoms with E-state index in [2.05, 4.69) is 9.97 Å². The first-order valence-corrected chi connectivity index (χ1v) is 9.68. The van der Waals surface area contributed by atoms with E-state index in [0.717, 1.165) is 25.7 Å². The minimum absolute atomic E-state index is 0.0459. The van der Waals surface area contributed by atoms with Gasteiger partial charge in [-0.1, -0.05) is 29.8 Å². The van der Waals surface area contributed by atoms with Crippen LogP contribution in [0, 0.1) is 13.8 Å². The van der Waals surface area contributed by atoms with Crippen molar-refractivity contribution in [2.45, 2.75) is 20.4 Å². The fourth-order valence-corrected chi connectivity index (χ4v) is 4.14. The van der Waals surface area contributed by atoms with E-state index in [9.17, 15) is 9.59 Å². The van der Waals surface area contributed by atoms with Gasteiger partial charge in [-0.3, -0.25) is 9.59 Å². The molecule has 3 rings (SSSR count). The second-order valence-corrected chi connectivity index (χ2v) is 8.39. The highest BCUT2D eigenvalue weighted by Gasteiger charge is 2.19. The van der Waals surface area contributed by atoms with Crippen LogP contribution in [-0.2, 0) is 11.3 Å². The van der Waals surface area contributed by atoms with Gasteiger partial charge in [0.05, 0.1) is 12.4 Å². The fourth-order valence-electron chi connectivity index (χ4n) is 3.08. The number of amides is 1. The predicted octanol–water partition coefficient (Wildman–Crippen LogP) is 1.37. The Kier molecular flexibility index (Phi) is 5.43. The molecule has 0 bridgehead atoms. The molecule has 2 aromatic heterocycles. The molecule has 2 heterocycles. The lowest BCUT2D eigenvalue weighted by molar-refractivity contribution is -0.886. The first-order valence-electron chi connectivity index (χ1n) is 8.87. The van der Waals surface area contributed by atoms with Crippen LogP contribution < -0.4 is 10.5 Å². The number of aryl methyl sites for hydroxylation is 2. The SMILES string of the molecule is Cc1ccc(-c2c(C)sc3nc(C[NH+](C)CC(=O)N(C)C)[nH]c(=O)c23)cc1. The zero-order chi connectivity index (χ0) is 19.7. The molecule has 6 nitrogen and oxygen atoms in total.